The van der Waals surface area contributed by atoms with Crippen molar-refractivity contribution in [3.8, 4) is 0 Å². The van der Waals surface area contributed by atoms with Crippen LogP contribution in [-0.4, -0.2) is 22.2 Å². The first kappa shape index (κ1) is 18.6. The summed E-state index contributed by atoms with van der Waals surface area (Å²) in [5.74, 6) is 1.17. The molecule has 3 fully saturated rings. The van der Waals surface area contributed by atoms with Gasteiger partial charge in [-0.05, 0) is 103 Å². The topological polar surface area (TPSA) is 48.1 Å². The van der Waals surface area contributed by atoms with Gasteiger partial charge in [0.1, 0.15) is 0 Å². The molecule has 3 nitrogen and oxygen atoms in total. The Balaban J connectivity index is 1.31. The van der Waals surface area contributed by atoms with E-state index in [2.05, 4.69) is 48.3 Å². The van der Waals surface area contributed by atoms with Gasteiger partial charge in [0.15, 0.2) is 0 Å². The molecule has 31 heavy (non-hydrogen) atoms. The van der Waals surface area contributed by atoms with Gasteiger partial charge in [-0.3, -0.25) is 4.98 Å². The van der Waals surface area contributed by atoms with Crippen LogP contribution in [0.25, 0.3) is 10.8 Å². The van der Waals surface area contributed by atoms with E-state index in [9.17, 15) is 0 Å². The van der Waals surface area contributed by atoms with Crippen LogP contribution in [0.4, 0.5) is 0 Å². The Kier molecular flexibility index (Phi) is 3.65. The first-order chi connectivity index (χ1) is 15.0. The second-order valence-corrected chi connectivity index (χ2v) is 11.2. The van der Waals surface area contributed by atoms with Gasteiger partial charge in [-0.25, -0.2) is 0 Å². The molecule has 0 radical (unpaired) electrons. The quantitative estimate of drug-likeness (QED) is 0.643. The predicted molar refractivity (Wildman–Crippen MR) is 124 cm³/mol. The van der Waals surface area contributed by atoms with Gasteiger partial charge in [-0.15, -0.1) is 0 Å². The Labute approximate surface area is 184 Å². The number of hydrogen-bond acceptors (Lipinski definition) is 3. The van der Waals surface area contributed by atoms with E-state index in [1.165, 1.54) is 46.7 Å². The van der Waals surface area contributed by atoms with E-state index in [-0.39, 0.29) is 22.7 Å². The lowest BCUT2D eigenvalue weighted by atomic mass is 9.58. The van der Waals surface area contributed by atoms with Gasteiger partial charge in [0.25, 0.3) is 0 Å². The number of allylic oxidation sites excluding steroid dienone is 1. The highest BCUT2D eigenvalue weighted by molar-refractivity contribution is 5.82. The van der Waals surface area contributed by atoms with Gasteiger partial charge in [0, 0.05) is 23.8 Å². The van der Waals surface area contributed by atoms with Crippen molar-refractivity contribution in [3.05, 3.63) is 65.5 Å². The van der Waals surface area contributed by atoms with E-state index in [1.807, 2.05) is 12.4 Å². The molecule has 1 unspecified atom stereocenters. The fourth-order valence-corrected chi connectivity index (χ4v) is 8.31. The molecule has 7 rings (SSSR count). The predicted octanol–water partition coefficient (Wildman–Crippen LogP) is 5.80. The molecule has 3 heteroatoms. The van der Waals surface area contributed by atoms with Crippen molar-refractivity contribution in [3.63, 3.8) is 0 Å². The largest absolute Gasteiger partial charge is 0.359 e. The molecule has 0 amide bonds. The summed E-state index contributed by atoms with van der Waals surface area (Å²) >= 11 is 0. The summed E-state index contributed by atoms with van der Waals surface area (Å²) in [6.07, 6.45) is 18.2. The van der Waals surface area contributed by atoms with Crippen molar-refractivity contribution >= 4 is 10.8 Å². The van der Waals surface area contributed by atoms with Crippen molar-refractivity contribution in [2.24, 2.45) is 17.1 Å². The van der Waals surface area contributed by atoms with Crippen LogP contribution in [0, 0.1) is 11.3 Å². The van der Waals surface area contributed by atoms with Gasteiger partial charge < -0.3 is 10.5 Å². The molecule has 1 aromatic carbocycles. The summed E-state index contributed by atoms with van der Waals surface area (Å²) in [5, 5.41) is 2.54. The first-order valence-corrected chi connectivity index (χ1v) is 12.2. The maximum Gasteiger partial charge on any atom is 0.0974 e. The zero-order chi connectivity index (χ0) is 20.8. The van der Waals surface area contributed by atoms with Crippen LogP contribution in [0.3, 0.4) is 0 Å². The Morgan fingerprint density at radius 1 is 1.10 bits per heavy atom. The molecule has 3 heterocycles. The number of rotatable bonds is 1. The van der Waals surface area contributed by atoms with E-state index in [4.69, 9.17) is 10.5 Å². The lowest BCUT2D eigenvalue weighted by Gasteiger charge is -2.54. The van der Waals surface area contributed by atoms with Gasteiger partial charge in [0.05, 0.1) is 11.2 Å². The van der Waals surface area contributed by atoms with Crippen LogP contribution in [0.5, 0.6) is 0 Å². The summed E-state index contributed by atoms with van der Waals surface area (Å²) in [6, 6.07) is 9.45. The van der Waals surface area contributed by atoms with Crippen LogP contribution < -0.4 is 5.73 Å². The number of hydrogen-bond donors (Lipinski definition) is 1. The van der Waals surface area contributed by atoms with Crippen molar-refractivity contribution in [1.29, 1.82) is 0 Å². The molecular weight excluding hydrogens is 380 g/mol. The molecule has 5 aliphatic rings. The van der Waals surface area contributed by atoms with Crippen LogP contribution in [0.15, 0.2) is 60.0 Å². The molecular formula is C28H32N2O. The number of ether oxygens (including phenoxy) is 1. The van der Waals surface area contributed by atoms with Gasteiger partial charge >= 0.3 is 0 Å². The number of nitrogens with two attached hydrogens (primary N) is 1. The van der Waals surface area contributed by atoms with E-state index in [1.54, 1.807) is 0 Å². The van der Waals surface area contributed by atoms with E-state index in [0.29, 0.717) is 11.8 Å². The molecule has 2 aliphatic heterocycles. The van der Waals surface area contributed by atoms with Crippen LogP contribution in [-0.2, 0) is 4.74 Å². The number of fused-ring (bicyclic) bond motifs is 2. The van der Waals surface area contributed by atoms with Crippen molar-refractivity contribution in [1.82, 2.24) is 4.98 Å². The highest BCUT2D eigenvalue weighted by Crippen LogP contribution is 2.69. The van der Waals surface area contributed by atoms with Gasteiger partial charge in [-0.2, -0.15) is 0 Å². The van der Waals surface area contributed by atoms with E-state index in [0.717, 1.165) is 32.1 Å². The Hall–Kier alpha value is -1.97. The van der Waals surface area contributed by atoms with E-state index < -0.39 is 0 Å². The number of aromatic nitrogens is 1. The molecule has 160 valence electrons. The van der Waals surface area contributed by atoms with Crippen molar-refractivity contribution < 1.29 is 4.74 Å². The maximum absolute atomic E-state index is 7.26. The zero-order valence-corrected chi connectivity index (χ0v) is 18.4. The fourth-order valence-electron chi connectivity index (χ4n) is 8.31. The molecule has 1 aromatic heterocycles. The third-order valence-corrected chi connectivity index (χ3v) is 9.79. The number of benzene rings is 1. The molecule has 2 N–H and O–H groups in total. The summed E-state index contributed by atoms with van der Waals surface area (Å²) in [5.41, 5.74) is 11.0. The number of pyridine rings is 1. The molecule has 3 aliphatic carbocycles. The monoisotopic (exact) mass is 412 g/mol. The zero-order valence-electron chi connectivity index (χ0n) is 18.4. The molecule has 6 atom stereocenters. The smallest absolute Gasteiger partial charge is 0.0974 e. The minimum Gasteiger partial charge on any atom is -0.359 e. The normalized spacial score (nSPS) is 43.1. The molecule has 2 spiro atoms. The van der Waals surface area contributed by atoms with Gasteiger partial charge in [-0.1, -0.05) is 31.2 Å². The maximum atomic E-state index is 7.26. The second-order valence-electron chi connectivity index (χ2n) is 11.2. The third kappa shape index (κ3) is 2.34. The molecule has 2 bridgehead atoms. The lowest BCUT2D eigenvalue weighted by Crippen LogP contribution is -2.54. The Morgan fingerprint density at radius 3 is 2.97 bits per heavy atom. The number of nitrogens with zero attached hydrogens (tertiary/aromatic N) is 1. The first-order valence-electron chi connectivity index (χ1n) is 12.2. The van der Waals surface area contributed by atoms with Crippen molar-refractivity contribution in [2.75, 3.05) is 0 Å². The van der Waals surface area contributed by atoms with Crippen LogP contribution in [0.1, 0.15) is 69.8 Å². The lowest BCUT2D eigenvalue weighted by molar-refractivity contribution is -0.135. The highest BCUT2D eigenvalue weighted by Gasteiger charge is 2.66. The summed E-state index contributed by atoms with van der Waals surface area (Å²) in [6.45, 7) is 2.55. The van der Waals surface area contributed by atoms with Crippen molar-refractivity contribution in [2.45, 2.75) is 81.5 Å². The summed E-state index contributed by atoms with van der Waals surface area (Å²) in [7, 11) is 0. The SMILES string of the molecule is C[C@]12CC=C3C=C4CC[C@@H](N)C[C@]45CC[C@]3(O5)[C@@H]1CCC2c1ccc2ccncc2c1. The second kappa shape index (κ2) is 6.08. The minimum absolute atomic E-state index is 0.0695. The molecule has 2 aromatic rings. The fraction of sp³-hybridized carbons (Fsp3) is 0.536. The van der Waals surface area contributed by atoms with Crippen LogP contribution >= 0.6 is 0 Å². The Bertz CT molecular complexity index is 1150. The summed E-state index contributed by atoms with van der Waals surface area (Å²) in [4.78, 5) is 4.36. The Morgan fingerprint density at radius 2 is 2.03 bits per heavy atom. The van der Waals surface area contributed by atoms with Gasteiger partial charge in [0.2, 0.25) is 0 Å². The molecule has 1 saturated heterocycles. The highest BCUT2D eigenvalue weighted by atomic mass is 16.5. The average molecular weight is 413 g/mol. The average Bonchev–Trinajstić information content (AvgIpc) is 3.28. The van der Waals surface area contributed by atoms with E-state index >= 15 is 0 Å². The minimum atomic E-state index is -0.0826. The third-order valence-electron chi connectivity index (χ3n) is 9.79. The standard InChI is InChI=1S/C28H32N2O/c1-26-10-8-22-15-21-4-5-23(29)16-27(21)11-12-28(22,31-27)25(26)7-6-24(26)19-3-2-18-9-13-30-17-20(18)14-19/h2-3,8-9,13-15,17,23-25H,4-7,10-12,16,29H2,1H3/t23-,24?,25-,26-,27-,28-/m1/s1. The molecule has 2 saturated carbocycles. The summed E-state index contributed by atoms with van der Waals surface area (Å²) < 4.78 is 7.26. The van der Waals surface area contributed by atoms with Crippen LogP contribution in [0.2, 0.25) is 0 Å².